The predicted molar refractivity (Wildman–Crippen MR) is 88.6 cm³/mol. The predicted octanol–water partition coefficient (Wildman–Crippen LogP) is 0.949. The van der Waals surface area contributed by atoms with Crippen molar-refractivity contribution in [1.82, 2.24) is 20.1 Å². The average Bonchev–Trinajstić information content (AvgIpc) is 3.27. The van der Waals surface area contributed by atoms with E-state index in [1.54, 1.807) is 0 Å². The van der Waals surface area contributed by atoms with Gasteiger partial charge in [-0.2, -0.15) is 0 Å². The Morgan fingerprint density at radius 1 is 1.45 bits per heavy atom. The average molecular weight is 305 g/mol. The molecule has 0 atom stereocenters. The molecule has 6 nitrogen and oxygen atoms in total. The fourth-order valence-corrected chi connectivity index (χ4v) is 2.28. The molecule has 6 heteroatoms. The number of carbonyl (C=O) groups excluding carboxylic acids is 1. The summed E-state index contributed by atoms with van der Waals surface area (Å²) in [5.41, 5.74) is 1.23. The molecule has 1 aromatic heterocycles. The largest absolute Gasteiger partial charge is 0.357 e. The van der Waals surface area contributed by atoms with Crippen molar-refractivity contribution in [2.45, 2.75) is 26.3 Å². The van der Waals surface area contributed by atoms with Gasteiger partial charge >= 0.3 is 0 Å². The Morgan fingerprint density at radius 2 is 2.23 bits per heavy atom. The lowest BCUT2D eigenvalue weighted by atomic mass is 10.4. The van der Waals surface area contributed by atoms with Crippen molar-refractivity contribution in [1.29, 1.82) is 0 Å². The molecule has 2 N–H and O–H groups in total. The summed E-state index contributed by atoms with van der Waals surface area (Å²) in [6.45, 7) is 4.87. The van der Waals surface area contributed by atoms with E-state index >= 15 is 0 Å². The van der Waals surface area contributed by atoms with Crippen molar-refractivity contribution in [3.8, 4) is 0 Å². The molecule has 1 aliphatic carbocycles. The van der Waals surface area contributed by atoms with Gasteiger partial charge < -0.3 is 20.1 Å². The van der Waals surface area contributed by atoms with Crippen molar-refractivity contribution in [3.05, 3.63) is 24.0 Å². The summed E-state index contributed by atoms with van der Waals surface area (Å²) in [5.74, 6) is 1.30. The van der Waals surface area contributed by atoms with Crippen molar-refractivity contribution in [3.63, 3.8) is 0 Å². The van der Waals surface area contributed by atoms with Gasteiger partial charge in [0.05, 0.1) is 13.1 Å². The van der Waals surface area contributed by atoms with E-state index in [4.69, 9.17) is 0 Å². The molecule has 1 aromatic rings. The second-order valence-corrected chi connectivity index (χ2v) is 5.77. The maximum Gasteiger partial charge on any atom is 0.223 e. The van der Waals surface area contributed by atoms with Gasteiger partial charge in [-0.3, -0.25) is 9.79 Å². The van der Waals surface area contributed by atoms with E-state index in [0.717, 1.165) is 31.9 Å². The number of aryl methyl sites for hydroxylation is 1. The molecule has 1 fully saturated rings. The topological polar surface area (TPSA) is 61.7 Å². The zero-order valence-electron chi connectivity index (χ0n) is 13.8. The Labute approximate surface area is 132 Å². The first-order valence-electron chi connectivity index (χ1n) is 7.99. The summed E-state index contributed by atoms with van der Waals surface area (Å²) in [7, 11) is 4.07. The quantitative estimate of drug-likeness (QED) is 0.448. The second kappa shape index (κ2) is 7.87. The van der Waals surface area contributed by atoms with Crippen LogP contribution in [0.4, 0.5) is 0 Å². The number of rotatable bonds is 7. The van der Waals surface area contributed by atoms with Crippen LogP contribution in [0.25, 0.3) is 0 Å². The molecule has 122 valence electrons. The summed E-state index contributed by atoms with van der Waals surface area (Å²) < 4.78 is 2.11. The second-order valence-electron chi connectivity index (χ2n) is 5.77. The van der Waals surface area contributed by atoms with Gasteiger partial charge in [-0.15, -0.1) is 0 Å². The van der Waals surface area contributed by atoms with Gasteiger partial charge in [0.1, 0.15) is 0 Å². The molecule has 0 radical (unpaired) electrons. The maximum absolute atomic E-state index is 11.6. The first-order chi connectivity index (χ1) is 10.6. The van der Waals surface area contributed by atoms with E-state index < -0.39 is 0 Å². The number of guanidine groups is 1. The fourth-order valence-electron chi connectivity index (χ4n) is 2.28. The molecule has 0 spiro atoms. The summed E-state index contributed by atoms with van der Waals surface area (Å²) >= 11 is 0. The SMILES string of the molecule is CCNC(=NCCNC(=O)C1CC1)N(C)Cc1cccn1C. The number of carbonyl (C=O) groups is 1. The third-order valence-electron chi connectivity index (χ3n) is 3.77. The highest BCUT2D eigenvalue weighted by Gasteiger charge is 2.28. The molecule has 22 heavy (non-hydrogen) atoms. The first kappa shape index (κ1) is 16.4. The Kier molecular flexibility index (Phi) is 5.86. The molecule has 0 saturated heterocycles. The Bertz CT molecular complexity index is 518. The molecule has 1 saturated carbocycles. The highest BCUT2D eigenvalue weighted by molar-refractivity contribution is 5.81. The first-order valence-corrected chi connectivity index (χ1v) is 7.99. The number of amides is 1. The van der Waals surface area contributed by atoms with Gasteiger partial charge in [-0.25, -0.2) is 0 Å². The van der Waals surface area contributed by atoms with Crippen molar-refractivity contribution >= 4 is 11.9 Å². The van der Waals surface area contributed by atoms with E-state index in [1.807, 2.05) is 26.4 Å². The number of hydrogen-bond acceptors (Lipinski definition) is 2. The minimum atomic E-state index is 0.178. The van der Waals surface area contributed by atoms with Gasteiger partial charge in [0.25, 0.3) is 0 Å². The number of nitrogens with one attached hydrogen (secondary N) is 2. The summed E-state index contributed by atoms with van der Waals surface area (Å²) in [5, 5.41) is 6.23. The van der Waals surface area contributed by atoms with Crippen LogP contribution in [0.2, 0.25) is 0 Å². The molecule has 1 amide bonds. The van der Waals surface area contributed by atoms with Crippen molar-refractivity contribution in [2.24, 2.45) is 18.0 Å². The zero-order valence-corrected chi connectivity index (χ0v) is 13.8. The van der Waals surface area contributed by atoms with Crippen molar-refractivity contribution in [2.75, 3.05) is 26.7 Å². The molecular formula is C16H27N5O. The Morgan fingerprint density at radius 3 is 2.82 bits per heavy atom. The minimum Gasteiger partial charge on any atom is -0.357 e. The van der Waals surface area contributed by atoms with Crippen molar-refractivity contribution < 1.29 is 4.79 Å². The van der Waals surface area contributed by atoms with Crippen LogP contribution in [0.5, 0.6) is 0 Å². The lowest BCUT2D eigenvalue weighted by Crippen LogP contribution is -2.39. The standard InChI is InChI=1S/C16H27N5O/c1-4-17-16(19-10-9-18-15(22)13-7-8-13)21(3)12-14-6-5-11-20(14)2/h5-6,11,13H,4,7-10,12H2,1-3H3,(H,17,19)(H,18,22). The van der Waals surface area contributed by atoms with Crippen LogP contribution >= 0.6 is 0 Å². The van der Waals surface area contributed by atoms with Crippen LogP contribution in [0.1, 0.15) is 25.5 Å². The normalized spacial score (nSPS) is 14.8. The highest BCUT2D eigenvalue weighted by atomic mass is 16.2. The van der Waals surface area contributed by atoms with Gasteiger partial charge in [-0.1, -0.05) is 0 Å². The van der Waals surface area contributed by atoms with Gasteiger partial charge in [0.2, 0.25) is 5.91 Å². The smallest absolute Gasteiger partial charge is 0.223 e. The fraction of sp³-hybridized carbons (Fsp3) is 0.625. The Hall–Kier alpha value is -1.98. The third kappa shape index (κ3) is 4.79. The maximum atomic E-state index is 11.6. The van der Waals surface area contributed by atoms with Crippen LogP contribution in [0.15, 0.2) is 23.3 Å². The van der Waals surface area contributed by atoms with E-state index in [-0.39, 0.29) is 11.8 Å². The van der Waals surface area contributed by atoms with Gasteiger partial charge in [-0.05, 0) is 31.9 Å². The number of aliphatic imine (C=N–C) groups is 1. The minimum absolute atomic E-state index is 0.178. The van der Waals surface area contributed by atoms with E-state index in [2.05, 4.69) is 38.1 Å². The van der Waals surface area contributed by atoms with Crippen LogP contribution < -0.4 is 10.6 Å². The molecule has 0 bridgehead atoms. The monoisotopic (exact) mass is 305 g/mol. The van der Waals surface area contributed by atoms with E-state index in [1.165, 1.54) is 5.69 Å². The molecule has 0 unspecified atom stereocenters. The summed E-state index contributed by atoms with van der Waals surface area (Å²) in [6, 6.07) is 4.15. The summed E-state index contributed by atoms with van der Waals surface area (Å²) in [4.78, 5) is 18.3. The molecular weight excluding hydrogens is 278 g/mol. The third-order valence-corrected chi connectivity index (χ3v) is 3.77. The lowest BCUT2D eigenvalue weighted by molar-refractivity contribution is -0.122. The zero-order chi connectivity index (χ0) is 15.9. The van der Waals surface area contributed by atoms with Crippen LogP contribution in [0, 0.1) is 5.92 Å². The van der Waals surface area contributed by atoms with E-state index in [9.17, 15) is 4.79 Å². The lowest BCUT2D eigenvalue weighted by Gasteiger charge is -2.22. The number of aromatic nitrogens is 1. The van der Waals surface area contributed by atoms with Crippen LogP contribution in [-0.4, -0.2) is 48.0 Å². The van der Waals surface area contributed by atoms with E-state index in [0.29, 0.717) is 13.1 Å². The summed E-state index contributed by atoms with van der Waals surface area (Å²) in [6.07, 6.45) is 4.12. The van der Waals surface area contributed by atoms with Gasteiger partial charge in [0.15, 0.2) is 5.96 Å². The molecule has 0 aromatic carbocycles. The molecule has 0 aliphatic heterocycles. The van der Waals surface area contributed by atoms with Crippen LogP contribution in [-0.2, 0) is 18.4 Å². The molecule has 1 heterocycles. The van der Waals surface area contributed by atoms with Gasteiger partial charge in [0, 0.05) is 45.0 Å². The van der Waals surface area contributed by atoms with Crippen LogP contribution in [0.3, 0.4) is 0 Å². The highest BCUT2D eigenvalue weighted by Crippen LogP contribution is 2.28. The number of nitrogens with zero attached hydrogens (tertiary/aromatic N) is 3. The Balaban J connectivity index is 1.82. The molecule has 2 rings (SSSR count). The number of hydrogen-bond donors (Lipinski definition) is 2. The molecule has 1 aliphatic rings.